The molecule has 0 aromatic heterocycles. The summed E-state index contributed by atoms with van der Waals surface area (Å²) in [4.78, 5) is 22.3. The third kappa shape index (κ3) is 4.70. The number of anilines is 1. The van der Waals surface area contributed by atoms with E-state index in [4.69, 9.17) is 11.6 Å². The lowest BCUT2D eigenvalue weighted by molar-refractivity contribution is -0.141. The van der Waals surface area contributed by atoms with Gasteiger partial charge in [0.1, 0.15) is 12.4 Å². The fourth-order valence-electron chi connectivity index (χ4n) is 1.18. The van der Waals surface area contributed by atoms with Crippen LogP contribution in [-0.2, 0) is 9.53 Å². The quantitative estimate of drug-likeness (QED) is 0.837. The third-order valence-electron chi connectivity index (χ3n) is 1.94. The first-order chi connectivity index (χ1) is 8.93. The van der Waals surface area contributed by atoms with Crippen molar-refractivity contribution < 1.29 is 23.1 Å². The summed E-state index contributed by atoms with van der Waals surface area (Å²) < 4.78 is 30.7. The molecule has 0 bridgehead atoms. The Morgan fingerprint density at radius 3 is 2.63 bits per heavy atom. The fourth-order valence-corrected chi connectivity index (χ4v) is 1.43. The van der Waals surface area contributed by atoms with Crippen LogP contribution in [-0.4, -0.2) is 25.2 Å². The molecule has 1 aromatic carbocycles. The number of halogens is 3. The van der Waals surface area contributed by atoms with E-state index >= 15 is 0 Å². The van der Waals surface area contributed by atoms with Crippen molar-refractivity contribution in [2.24, 2.45) is 0 Å². The van der Waals surface area contributed by atoms with Crippen molar-refractivity contribution >= 4 is 29.3 Å². The minimum atomic E-state index is -1.02. The van der Waals surface area contributed by atoms with Crippen molar-refractivity contribution in [1.29, 1.82) is 0 Å². The van der Waals surface area contributed by atoms with Crippen LogP contribution in [0.3, 0.4) is 0 Å². The van der Waals surface area contributed by atoms with Crippen LogP contribution in [0.2, 0.25) is 5.02 Å². The first kappa shape index (κ1) is 15.2. The van der Waals surface area contributed by atoms with Crippen molar-refractivity contribution in [2.45, 2.75) is 6.92 Å². The lowest BCUT2D eigenvalue weighted by Crippen LogP contribution is -2.34. The molecule has 104 valence electrons. The number of esters is 1. The molecule has 0 saturated carbocycles. The van der Waals surface area contributed by atoms with Gasteiger partial charge in [-0.25, -0.2) is 13.6 Å². The molecule has 0 aliphatic heterocycles. The number of carbonyl (C=O) groups is 2. The minimum absolute atomic E-state index is 0.181. The topological polar surface area (TPSA) is 67.4 Å². The molecule has 1 rings (SSSR count). The number of amides is 2. The van der Waals surface area contributed by atoms with Crippen molar-refractivity contribution in [1.82, 2.24) is 5.32 Å². The molecule has 0 heterocycles. The third-order valence-corrected chi connectivity index (χ3v) is 2.24. The zero-order chi connectivity index (χ0) is 14.4. The molecule has 1 aromatic rings. The van der Waals surface area contributed by atoms with Crippen molar-refractivity contribution in [2.75, 3.05) is 18.5 Å². The molecular weight excluding hydrogens is 282 g/mol. The molecule has 0 fully saturated rings. The molecule has 0 aliphatic carbocycles. The summed E-state index contributed by atoms with van der Waals surface area (Å²) in [6.45, 7) is 1.42. The van der Waals surface area contributed by atoms with Gasteiger partial charge in [-0.1, -0.05) is 11.6 Å². The fraction of sp³-hybridized carbons (Fsp3) is 0.273. The zero-order valence-electron chi connectivity index (χ0n) is 9.93. The highest BCUT2D eigenvalue weighted by molar-refractivity contribution is 6.33. The monoisotopic (exact) mass is 292 g/mol. The van der Waals surface area contributed by atoms with E-state index in [9.17, 15) is 18.4 Å². The van der Waals surface area contributed by atoms with Gasteiger partial charge < -0.3 is 15.4 Å². The summed E-state index contributed by atoms with van der Waals surface area (Å²) >= 11 is 5.58. The number of carbonyl (C=O) groups excluding carboxylic acids is 2. The summed E-state index contributed by atoms with van der Waals surface area (Å²) in [6.07, 6.45) is 0. The lowest BCUT2D eigenvalue weighted by atomic mass is 10.3. The van der Waals surface area contributed by atoms with Crippen molar-refractivity contribution in [3.63, 3.8) is 0 Å². The van der Waals surface area contributed by atoms with Gasteiger partial charge in [0.15, 0.2) is 5.82 Å². The van der Waals surface area contributed by atoms with Gasteiger partial charge in [0.2, 0.25) is 0 Å². The van der Waals surface area contributed by atoms with Crippen LogP contribution in [0.15, 0.2) is 12.1 Å². The van der Waals surface area contributed by atoms with E-state index in [1.54, 1.807) is 6.92 Å². The number of benzene rings is 1. The highest BCUT2D eigenvalue weighted by Crippen LogP contribution is 2.26. The molecule has 0 radical (unpaired) electrons. The number of hydrogen-bond acceptors (Lipinski definition) is 3. The minimum Gasteiger partial charge on any atom is -0.465 e. The molecule has 0 spiro atoms. The number of ether oxygens (including phenoxy) is 1. The summed E-state index contributed by atoms with van der Waals surface area (Å²) in [7, 11) is 0. The molecular formula is C11H11ClF2N2O3. The Hall–Kier alpha value is -1.89. The second-order valence-corrected chi connectivity index (χ2v) is 3.76. The van der Waals surface area contributed by atoms with Gasteiger partial charge in [0.25, 0.3) is 0 Å². The smallest absolute Gasteiger partial charge is 0.325 e. The maximum Gasteiger partial charge on any atom is 0.325 e. The van der Waals surface area contributed by atoms with Crippen molar-refractivity contribution in [3.05, 3.63) is 28.8 Å². The van der Waals surface area contributed by atoms with Crippen LogP contribution in [0.5, 0.6) is 0 Å². The Labute approximate surface area is 112 Å². The van der Waals surface area contributed by atoms with Gasteiger partial charge >= 0.3 is 12.0 Å². The Balaban J connectivity index is 2.60. The molecule has 0 aliphatic rings. The van der Waals surface area contributed by atoms with Gasteiger partial charge in [-0.05, 0) is 13.0 Å². The van der Waals surface area contributed by atoms with Gasteiger partial charge in [0, 0.05) is 6.07 Å². The average Bonchev–Trinajstić information content (AvgIpc) is 2.31. The highest BCUT2D eigenvalue weighted by atomic mass is 35.5. The largest absolute Gasteiger partial charge is 0.465 e. The molecule has 5 nitrogen and oxygen atoms in total. The van der Waals surface area contributed by atoms with E-state index in [0.29, 0.717) is 6.07 Å². The first-order valence-corrected chi connectivity index (χ1v) is 5.66. The van der Waals surface area contributed by atoms with E-state index in [0.717, 1.165) is 6.07 Å². The maximum atomic E-state index is 13.3. The Morgan fingerprint density at radius 1 is 1.37 bits per heavy atom. The molecule has 0 unspecified atom stereocenters. The second-order valence-electron chi connectivity index (χ2n) is 3.36. The number of urea groups is 1. The molecule has 2 amide bonds. The molecule has 2 N–H and O–H groups in total. The van der Waals surface area contributed by atoms with E-state index in [1.165, 1.54) is 0 Å². The number of nitrogens with one attached hydrogen (secondary N) is 2. The van der Waals surface area contributed by atoms with Gasteiger partial charge in [-0.15, -0.1) is 0 Å². The summed E-state index contributed by atoms with van der Waals surface area (Å²) in [5.41, 5.74) is -0.371. The van der Waals surface area contributed by atoms with Crippen LogP contribution >= 0.6 is 11.6 Å². The summed E-state index contributed by atoms with van der Waals surface area (Å²) in [5.74, 6) is -2.51. The number of hydrogen-bond donors (Lipinski definition) is 2. The lowest BCUT2D eigenvalue weighted by Gasteiger charge is -2.09. The Kier molecular flexibility index (Phi) is 5.50. The van der Waals surface area contributed by atoms with E-state index in [2.05, 4.69) is 15.4 Å². The van der Waals surface area contributed by atoms with E-state index in [-0.39, 0.29) is 23.9 Å². The Bertz CT molecular complexity index is 474. The van der Waals surface area contributed by atoms with Gasteiger partial charge in [-0.2, -0.15) is 0 Å². The predicted octanol–water partition coefficient (Wildman–Crippen LogP) is 2.30. The van der Waals surface area contributed by atoms with Crippen molar-refractivity contribution in [3.8, 4) is 0 Å². The van der Waals surface area contributed by atoms with Crippen LogP contribution < -0.4 is 10.6 Å². The maximum absolute atomic E-state index is 13.3. The van der Waals surface area contributed by atoms with Crippen LogP contribution in [0.25, 0.3) is 0 Å². The van der Waals surface area contributed by atoms with Crippen LogP contribution in [0.1, 0.15) is 6.92 Å². The van der Waals surface area contributed by atoms with Crippen LogP contribution in [0.4, 0.5) is 19.3 Å². The number of rotatable bonds is 4. The molecule has 19 heavy (non-hydrogen) atoms. The SMILES string of the molecule is CCOC(=O)CNC(=O)Nc1c(F)cc(F)cc1Cl. The zero-order valence-corrected chi connectivity index (χ0v) is 10.7. The predicted molar refractivity (Wildman–Crippen MR) is 65.0 cm³/mol. The Morgan fingerprint density at radius 2 is 2.05 bits per heavy atom. The summed E-state index contributed by atoms with van der Waals surface area (Å²) in [5, 5.41) is 3.92. The van der Waals surface area contributed by atoms with Crippen LogP contribution in [0, 0.1) is 11.6 Å². The highest BCUT2D eigenvalue weighted by Gasteiger charge is 2.13. The average molecular weight is 293 g/mol. The standard InChI is InChI=1S/C11H11ClF2N2O3/c1-2-19-9(17)5-15-11(18)16-10-7(12)3-6(13)4-8(10)14/h3-4H,2,5H2,1H3,(H2,15,16,18). The second kappa shape index (κ2) is 6.89. The normalized spacial score (nSPS) is 9.89. The molecule has 0 atom stereocenters. The van der Waals surface area contributed by atoms with Gasteiger partial charge in [0.05, 0.1) is 17.3 Å². The van der Waals surface area contributed by atoms with E-state index < -0.39 is 23.6 Å². The van der Waals surface area contributed by atoms with Gasteiger partial charge in [-0.3, -0.25) is 4.79 Å². The van der Waals surface area contributed by atoms with E-state index in [1.807, 2.05) is 0 Å². The summed E-state index contributed by atoms with van der Waals surface area (Å²) in [6, 6.07) is 0.568. The molecule has 8 heteroatoms. The molecule has 0 saturated heterocycles. The first-order valence-electron chi connectivity index (χ1n) is 5.29.